The smallest absolute Gasteiger partial charge is 0.117 e. The quantitative estimate of drug-likeness (QED) is 0.301. The van der Waals surface area contributed by atoms with E-state index in [4.69, 9.17) is 15.9 Å². The molecule has 0 aromatic rings. The van der Waals surface area contributed by atoms with Crippen LogP contribution in [0.5, 0.6) is 0 Å². The van der Waals surface area contributed by atoms with Crippen LogP contribution in [0.2, 0.25) is 0 Å². The molecule has 0 aromatic carbocycles. The van der Waals surface area contributed by atoms with Crippen LogP contribution in [0, 0.1) is 0 Å². The van der Waals surface area contributed by atoms with E-state index in [0.717, 1.165) is 0 Å². The van der Waals surface area contributed by atoms with Gasteiger partial charge in [-0.1, -0.05) is 0 Å². The van der Waals surface area contributed by atoms with E-state index in [0.29, 0.717) is 0 Å². The Morgan fingerprint density at radius 2 is 1.50 bits per heavy atom. The highest BCUT2D eigenvalue weighted by Crippen LogP contribution is 1.35. The van der Waals surface area contributed by atoms with Crippen LogP contribution in [0.3, 0.4) is 0 Å². The lowest BCUT2D eigenvalue weighted by Crippen LogP contribution is -1.85. The first kappa shape index (κ1) is 3.20. The molecule has 0 aromatic heterocycles. The highest BCUT2D eigenvalue weighted by atomic mass is 16.8. The van der Waals surface area contributed by atoms with Crippen LogP contribution in [0.4, 0.5) is 0 Å². The van der Waals surface area contributed by atoms with Gasteiger partial charge in [0.15, 0.2) is 0 Å². The maximum atomic E-state index is 7.00. The average molecular weight is 62.0 g/mol. The average Bonchev–Trinajstić information content (AvgIpc) is 0.811. The van der Waals surface area contributed by atoms with Crippen molar-refractivity contribution in [3.05, 3.63) is 5.53 Å². The van der Waals surface area contributed by atoms with Crippen molar-refractivity contribution in [1.82, 2.24) is 0 Å². The minimum absolute atomic E-state index is 1.00. The lowest BCUT2D eigenvalue weighted by Gasteiger charge is -1.68. The van der Waals surface area contributed by atoms with Gasteiger partial charge in [-0.05, 0) is 0 Å². The standard InChI is InChI=1S/H2N2O2/c1-2(3)4/h3-4H. The number of hydrogen-bond donors (Lipinski definition) is 2. The Kier molecular flexibility index (Phi) is 0.524. The molecule has 0 saturated carbocycles. The molecule has 4 heteroatoms. The molecule has 0 amide bonds. The van der Waals surface area contributed by atoms with E-state index in [2.05, 4.69) is 0 Å². The van der Waals surface area contributed by atoms with Crippen molar-refractivity contribution in [2.45, 2.75) is 0 Å². The van der Waals surface area contributed by atoms with Gasteiger partial charge in [-0.3, -0.25) is 10.4 Å². The zero-order valence-electron chi connectivity index (χ0n) is 1.79. The Morgan fingerprint density at radius 1 is 1.50 bits per heavy atom. The topological polar surface area (TPSA) is 65.8 Å². The third-order valence-corrected chi connectivity index (χ3v) is 0. The zero-order chi connectivity index (χ0) is 3.58. The van der Waals surface area contributed by atoms with Crippen molar-refractivity contribution in [1.29, 1.82) is 0 Å². The van der Waals surface area contributed by atoms with Crippen LogP contribution >= 0.6 is 0 Å². The molecule has 4 nitrogen and oxygen atoms in total. The van der Waals surface area contributed by atoms with E-state index in [1.54, 1.807) is 0 Å². The first-order valence-corrected chi connectivity index (χ1v) is 0.600. The number of rotatable bonds is 0. The van der Waals surface area contributed by atoms with E-state index in [1.165, 1.54) is 0 Å². The summed E-state index contributed by atoms with van der Waals surface area (Å²) in [7, 11) is 0. The van der Waals surface area contributed by atoms with Gasteiger partial charge in [0.2, 0.25) is 0 Å². The van der Waals surface area contributed by atoms with Crippen LogP contribution in [0.15, 0.2) is 0 Å². The first-order valence-electron chi connectivity index (χ1n) is 0.600. The molecule has 24 valence electrons. The lowest BCUT2D eigenvalue weighted by molar-refractivity contribution is -0.969. The molecule has 0 heterocycles. The Hall–Kier alpha value is -0.800. The molecule has 0 rings (SSSR count). The van der Waals surface area contributed by atoms with Gasteiger partial charge >= 0.3 is 0 Å². The summed E-state index contributed by atoms with van der Waals surface area (Å²) in [5.41, 5.74) is 7.00. The predicted molar refractivity (Wildman–Crippen MR) is 7.19 cm³/mol. The van der Waals surface area contributed by atoms with Crippen molar-refractivity contribution in [3.8, 4) is 0 Å². The summed E-state index contributed by atoms with van der Waals surface area (Å²) in [5.74, 6) is 0. The van der Waals surface area contributed by atoms with Crippen LogP contribution in [-0.4, -0.2) is 15.4 Å². The largest absolute Gasteiger partial charge is 0.392 e. The summed E-state index contributed by atoms with van der Waals surface area (Å²) in [4.78, 5) is 0. The van der Waals surface area contributed by atoms with Gasteiger partial charge in [0, 0.05) is 0 Å². The predicted octanol–water partition coefficient (Wildman–Crippen LogP) is -0.201. The Morgan fingerprint density at radius 3 is 1.50 bits per heavy atom. The minimum Gasteiger partial charge on any atom is -0.392 e. The summed E-state index contributed by atoms with van der Waals surface area (Å²) in [5, 5.41) is 13.0. The fraction of sp³-hybridized carbons (Fsp3) is 0. The molecule has 0 fully saturated rings. The van der Waals surface area contributed by atoms with Crippen molar-refractivity contribution >= 4 is 0 Å². The van der Waals surface area contributed by atoms with E-state index < -0.39 is 5.02 Å². The normalized spacial score (nSPS) is 6.00. The first-order chi connectivity index (χ1) is 1.73. The second kappa shape index (κ2) is 0.655. The molecule has 0 radical (unpaired) electrons. The lowest BCUT2D eigenvalue weighted by atomic mass is 12.9. The van der Waals surface area contributed by atoms with Crippen LogP contribution in [0.1, 0.15) is 0 Å². The molecule has 0 spiro atoms. The Balaban J connectivity index is 2.80. The highest BCUT2D eigenvalue weighted by molar-refractivity contribution is 3.55. The maximum absolute atomic E-state index is 7.00. The Bertz CT molecular complexity index is 27.0. The molecular weight excluding hydrogens is 60.0 g/mol. The second-order valence-electron chi connectivity index (χ2n) is 0.268. The second-order valence-corrected chi connectivity index (χ2v) is 0.268. The molecular formula is H2N2O2. The fourth-order valence-electron chi connectivity index (χ4n) is 0. The zero-order valence-corrected chi connectivity index (χ0v) is 1.79. The van der Waals surface area contributed by atoms with E-state index in [9.17, 15) is 0 Å². The summed E-state index contributed by atoms with van der Waals surface area (Å²) in [6.07, 6.45) is 0. The van der Waals surface area contributed by atoms with Crippen molar-refractivity contribution in [3.63, 3.8) is 0 Å². The van der Waals surface area contributed by atoms with Gasteiger partial charge in [-0.2, -0.15) is 0 Å². The minimum atomic E-state index is -1.00. The van der Waals surface area contributed by atoms with Crippen molar-refractivity contribution in [2.75, 3.05) is 0 Å². The summed E-state index contributed by atoms with van der Waals surface area (Å²) in [6, 6.07) is 0. The van der Waals surface area contributed by atoms with Crippen molar-refractivity contribution in [2.24, 2.45) is 0 Å². The third kappa shape index (κ3) is 0.0750. The van der Waals surface area contributed by atoms with Crippen LogP contribution in [-0.2, 0) is 0 Å². The van der Waals surface area contributed by atoms with Gasteiger partial charge in [-0.25, -0.2) is 0 Å². The van der Waals surface area contributed by atoms with E-state index >= 15 is 0 Å². The van der Waals surface area contributed by atoms with E-state index in [-0.39, 0.29) is 0 Å². The molecule has 0 unspecified atom stereocenters. The summed E-state index contributed by atoms with van der Waals surface area (Å²) < 4.78 is 0. The highest BCUT2D eigenvalue weighted by Gasteiger charge is 1.51. The Labute approximate surface area is 22.3 Å². The molecule has 0 bridgehead atoms. The molecule has 0 aliphatic rings. The van der Waals surface area contributed by atoms with E-state index in [1.807, 2.05) is 0 Å². The summed E-state index contributed by atoms with van der Waals surface area (Å²) in [6.45, 7) is 0. The third-order valence-electron chi connectivity index (χ3n) is 0. The maximum Gasteiger partial charge on any atom is 0.117 e. The molecule has 4 heavy (non-hydrogen) atoms. The van der Waals surface area contributed by atoms with Gasteiger partial charge in [0.25, 0.3) is 0 Å². The monoisotopic (exact) mass is 62.0 g/mol. The van der Waals surface area contributed by atoms with Gasteiger partial charge in [0.1, 0.15) is 5.02 Å². The summed E-state index contributed by atoms with van der Waals surface area (Å²) >= 11 is 0. The van der Waals surface area contributed by atoms with Gasteiger partial charge < -0.3 is 5.53 Å². The molecule has 0 atom stereocenters. The molecule has 2 N–H and O–H groups in total. The number of nitrogens with zero attached hydrogens (tertiary/aromatic N) is 2. The van der Waals surface area contributed by atoms with Crippen LogP contribution in [0.25, 0.3) is 5.53 Å². The van der Waals surface area contributed by atoms with Gasteiger partial charge in [0.05, 0.1) is 0 Å². The SMILES string of the molecule is [N-]=[N+](O)O. The number of hydrogen-bond acceptors (Lipinski definition) is 0. The molecule has 0 aliphatic heterocycles. The van der Waals surface area contributed by atoms with Crippen LogP contribution < -0.4 is 0 Å². The van der Waals surface area contributed by atoms with Crippen molar-refractivity contribution < 1.29 is 15.4 Å². The molecule has 0 aliphatic carbocycles. The fourth-order valence-corrected chi connectivity index (χ4v) is 0. The molecule has 0 saturated heterocycles. The van der Waals surface area contributed by atoms with Gasteiger partial charge in [-0.15, -0.1) is 0 Å².